The number of piperazine rings is 1. The second-order valence-corrected chi connectivity index (χ2v) is 7.44. The van der Waals surface area contributed by atoms with E-state index in [0.29, 0.717) is 5.82 Å². The van der Waals surface area contributed by atoms with Crippen LogP contribution in [-0.2, 0) is 0 Å². The van der Waals surface area contributed by atoms with Crippen molar-refractivity contribution in [1.82, 2.24) is 24.4 Å². The van der Waals surface area contributed by atoms with Gasteiger partial charge in [0.1, 0.15) is 5.82 Å². The number of aryl methyl sites for hydroxylation is 1. The van der Waals surface area contributed by atoms with Gasteiger partial charge in [-0.05, 0) is 19.0 Å². The van der Waals surface area contributed by atoms with Crippen LogP contribution >= 0.6 is 11.3 Å². The Balaban J connectivity index is 1.74. The molecule has 1 N–H and O–H groups in total. The Morgan fingerprint density at radius 3 is 2.52 bits per heavy atom. The summed E-state index contributed by atoms with van der Waals surface area (Å²) in [6.45, 7) is 9.22. The Bertz CT molecular complexity index is 851. The third-order valence-electron chi connectivity index (χ3n) is 4.89. The lowest BCUT2D eigenvalue weighted by atomic mass is 10.0. The van der Waals surface area contributed by atoms with Crippen LogP contribution in [0, 0.1) is 6.92 Å². The van der Waals surface area contributed by atoms with Crippen molar-refractivity contribution in [2.24, 2.45) is 0 Å². The SMILES string of the molecule is CCN1CCN([C@@H](c2ccccc2)c2sc3nc(C)nn3c2O)CC1. The smallest absolute Gasteiger partial charge is 0.230 e. The van der Waals surface area contributed by atoms with Crippen molar-refractivity contribution in [1.29, 1.82) is 0 Å². The Labute approximate surface area is 151 Å². The first-order chi connectivity index (χ1) is 12.2. The highest BCUT2D eigenvalue weighted by atomic mass is 32.1. The molecule has 0 spiro atoms. The van der Waals surface area contributed by atoms with Gasteiger partial charge in [0.15, 0.2) is 0 Å². The minimum atomic E-state index is 0.0361. The maximum absolute atomic E-state index is 10.8. The van der Waals surface area contributed by atoms with Crippen molar-refractivity contribution in [2.75, 3.05) is 32.7 Å². The van der Waals surface area contributed by atoms with E-state index in [9.17, 15) is 5.11 Å². The van der Waals surface area contributed by atoms with Crippen LogP contribution in [0.4, 0.5) is 0 Å². The third-order valence-corrected chi connectivity index (χ3v) is 5.96. The van der Waals surface area contributed by atoms with Crippen LogP contribution < -0.4 is 0 Å². The predicted molar refractivity (Wildman–Crippen MR) is 99.2 cm³/mol. The highest BCUT2D eigenvalue weighted by molar-refractivity contribution is 7.17. The first kappa shape index (κ1) is 16.5. The molecule has 0 aliphatic carbocycles. The summed E-state index contributed by atoms with van der Waals surface area (Å²) in [6, 6.07) is 10.5. The molecule has 4 rings (SSSR count). The molecule has 3 aromatic rings. The topological polar surface area (TPSA) is 56.9 Å². The molecule has 1 saturated heterocycles. The molecule has 0 amide bonds. The van der Waals surface area contributed by atoms with Crippen molar-refractivity contribution in [2.45, 2.75) is 19.9 Å². The van der Waals surface area contributed by atoms with Gasteiger partial charge >= 0.3 is 0 Å². The van der Waals surface area contributed by atoms with E-state index in [1.165, 1.54) is 16.9 Å². The van der Waals surface area contributed by atoms with Gasteiger partial charge in [0.25, 0.3) is 0 Å². The van der Waals surface area contributed by atoms with Crippen LogP contribution in [0.2, 0.25) is 0 Å². The molecule has 2 aromatic heterocycles. The second kappa shape index (κ2) is 6.74. The maximum Gasteiger partial charge on any atom is 0.230 e. The van der Waals surface area contributed by atoms with E-state index in [1.54, 1.807) is 4.52 Å². The van der Waals surface area contributed by atoms with Crippen LogP contribution in [0.25, 0.3) is 4.96 Å². The van der Waals surface area contributed by atoms with Crippen molar-refractivity contribution < 1.29 is 5.11 Å². The lowest BCUT2D eigenvalue weighted by Crippen LogP contribution is -2.47. The fourth-order valence-corrected chi connectivity index (χ4v) is 4.69. The summed E-state index contributed by atoms with van der Waals surface area (Å²) in [5.74, 6) is 0.897. The zero-order valence-corrected chi connectivity index (χ0v) is 15.4. The molecular formula is C18H23N5OS. The van der Waals surface area contributed by atoms with Crippen LogP contribution in [0.15, 0.2) is 30.3 Å². The number of nitrogens with zero attached hydrogens (tertiary/aromatic N) is 5. The van der Waals surface area contributed by atoms with Crippen LogP contribution in [0.5, 0.6) is 5.88 Å². The number of aromatic hydroxyl groups is 1. The maximum atomic E-state index is 10.8. The quantitative estimate of drug-likeness (QED) is 0.778. The minimum Gasteiger partial charge on any atom is -0.492 e. The summed E-state index contributed by atoms with van der Waals surface area (Å²) in [7, 11) is 0. The van der Waals surface area contributed by atoms with Crippen molar-refractivity contribution in [3.05, 3.63) is 46.6 Å². The predicted octanol–water partition coefficient (Wildman–Crippen LogP) is 2.53. The third kappa shape index (κ3) is 3.03. The van der Waals surface area contributed by atoms with Crippen LogP contribution in [-0.4, -0.2) is 62.2 Å². The molecule has 1 aromatic carbocycles. The lowest BCUT2D eigenvalue weighted by Gasteiger charge is -2.38. The molecule has 3 heterocycles. The largest absolute Gasteiger partial charge is 0.492 e. The number of benzene rings is 1. The number of hydrogen-bond acceptors (Lipinski definition) is 6. The average Bonchev–Trinajstić information content (AvgIpc) is 3.15. The second-order valence-electron chi connectivity index (χ2n) is 6.43. The molecule has 25 heavy (non-hydrogen) atoms. The highest BCUT2D eigenvalue weighted by Gasteiger charge is 2.31. The molecule has 0 bridgehead atoms. The fraction of sp³-hybridized carbons (Fsp3) is 0.444. The van der Waals surface area contributed by atoms with Gasteiger partial charge in [-0.1, -0.05) is 48.6 Å². The first-order valence-corrected chi connectivity index (χ1v) is 9.55. The standard InChI is InChI=1S/C18H23N5OS/c1-3-21-9-11-22(12-10-21)15(14-7-5-4-6-8-14)16-17(24)23-18(25-16)19-13(2)20-23/h4-8,15,24H,3,9-12H2,1-2H3/t15-/m0/s1. The van der Waals surface area contributed by atoms with Crippen molar-refractivity contribution >= 4 is 16.3 Å². The zero-order chi connectivity index (χ0) is 17.4. The van der Waals surface area contributed by atoms with E-state index in [2.05, 4.69) is 51.1 Å². The molecule has 1 fully saturated rings. The van der Waals surface area contributed by atoms with E-state index in [1.807, 2.05) is 13.0 Å². The molecule has 132 valence electrons. The van der Waals surface area contributed by atoms with Gasteiger partial charge in [0.2, 0.25) is 10.8 Å². The molecule has 1 atom stereocenters. The van der Waals surface area contributed by atoms with Crippen LogP contribution in [0.3, 0.4) is 0 Å². The molecule has 0 unspecified atom stereocenters. The molecule has 1 aliphatic rings. The lowest BCUT2D eigenvalue weighted by molar-refractivity contribution is 0.113. The van der Waals surface area contributed by atoms with Gasteiger partial charge in [-0.3, -0.25) is 4.90 Å². The number of fused-ring (bicyclic) bond motifs is 1. The summed E-state index contributed by atoms with van der Waals surface area (Å²) >= 11 is 1.53. The van der Waals surface area contributed by atoms with Gasteiger partial charge < -0.3 is 10.0 Å². The van der Waals surface area contributed by atoms with E-state index in [0.717, 1.165) is 42.6 Å². The molecule has 7 heteroatoms. The van der Waals surface area contributed by atoms with E-state index < -0.39 is 0 Å². The Kier molecular flexibility index (Phi) is 4.45. The van der Waals surface area contributed by atoms with Gasteiger partial charge in [-0.25, -0.2) is 4.98 Å². The minimum absolute atomic E-state index is 0.0361. The number of aromatic nitrogens is 3. The number of thiazole rings is 1. The van der Waals surface area contributed by atoms with Crippen LogP contribution in [0.1, 0.15) is 29.2 Å². The molecular weight excluding hydrogens is 334 g/mol. The van der Waals surface area contributed by atoms with Gasteiger partial charge in [-0.2, -0.15) is 4.52 Å². The van der Waals surface area contributed by atoms with Gasteiger partial charge in [0, 0.05) is 26.2 Å². The Morgan fingerprint density at radius 1 is 1.16 bits per heavy atom. The summed E-state index contributed by atoms with van der Waals surface area (Å²) < 4.78 is 1.56. The Hall–Kier alpha value is -1.96. The number of hydrogen-bond donors (Lipinski definition) is 1. The molecule has 0 saturated carbocycles. The summed E-state index contributed by atoms with van der Waals surface area (Å²) in [5.41, 5.74) is 1.20. The van der Waals surface area contributed by atoms with Gasteiger partial charge in [0.05, 0.1) is 10.9 Å². The highest BCUT2D eigenvalue weighted by Crippen LogP contribution is 2.40. The molecule has 1 aliphatic heterocycles. The number of likely N-dealkylation sites (N-methyl/N-ethyl adjacent to an activating group) is 1. The molecule has 6 nitrogen and oxygen atoms in total. The monoisotopic (exact) mass is 357 g/mol. The summed E-state index contributed by atoms with van der Waals surface area (Å²) in [4.78, 5) is 11.0. The van der Waals surface area contributed by atoms with E-state index in [-0.39, 0.29) is 11.9 Å². The normalized spacial score (nSPS) is 18.0. The number of rotatable bonds is 4. The first-order valence-electron chi connectivity index (χ1n) is 8.73. The van der Waals surface area contributed by atoms with Gasteiger partial charge in [-0.15, -0.1) is 5.10 Å². The molecule has 0 radical (unpaired) electrons. The summed E-state index contributed by atoms with van der Waals surface area (Å²) in [6.07, 6.45) is 0. The van der Waals surface area contributed by atoms with E-state index >= 15 is 0 Å². The fourth-order valence-electron chi connectivity index (χ4n) is 3.53. The average molecular weight is 357 g/mol. The van der Waals surface area contributed by atoms with E-state index in [4.69, 9.17) is 0 Å². The van der Waals surface area contributed by atoms with Crippen molar-refractivity contribution in [3.63, 3.8) is 0 Å². The Morgan fingerprint density at radius 2 is 1.88 bits per heavy atom. The summed E-state index contributed by atoms with van der Waals surface area (Å²) in [5, 5.41) is 15.1. The van der Waals surface area contributed by atoms with Crippen molar-refractivity contribution in [3.8, 4) is 5.88 Å². The zero-order valence-electron chi connectivity index (χ0n) is 14.6.